The third-order valence-electron chi connectivity index (χ3n) is 4.63. The van der Waals surface area contributed by atoms with E-state index in [9.17, 15) is 9.59 Å². The quantitative estimate of drug-likeness (QED) is 0.851. The van der Waals surface area contributed by atoms with Gasteiger partial charge in [0.2, 0.25) is 11.8 Å². The number of hydrogen-bond donors (Lipinski definition) is 2. The number of primary amides is 1. The maximum Gasteiger partial charge on any atom is 0.248 e. The Morgan fingerprint density at radius 2 is 1.80 bits per heavy atom. The number of benzene rings is 2. The Hall–Kier alpha value is -2.66. The van der Waals surface area contributed by atoms with Crippen molar-refractivity contribution in [2.45, 2.75) is 25.3 Å². The molecule has 1 unspecified atom stereocenters. The van der Waals surface area contributed by atoms with Gasteiger partial charge in [0.05, 0.1) is 0 Å². The molecule has 0 aliphatic carbocycles. The normalized spacial score (nSPS) is 17.4. The predicted octanol–water partition coefficient (Wildman–Crippen LogP) is 2.95. The van der Waals surface area contributed by atoms with Crippen LogP contribution in [0, 0.1) is 0 Å². The molecule has 1 fully saturated rings. The lowest BCUT2D eigenvalue weighted by atomic mass is 10.0. The molecule has 25 heavy (non-hydrogen) atoms. The van der Waals surface area contributed by atoms with Crippen LogP contribution in [0.1, 0.15) is 41.2 Å². The van der Waals surface area contributed by atoms with E-state index in [1.165, 1.54) is 5.56 Å². The van der Waals surface area contributed by atoms with Crippen LogP contribution in [0.2, 0.25) is 0 Å². The van der Waals surface area contributed by atoms with Gasteiger partial charge >= 0.3 is 0 Å². The minimum Gasteiger partial charge on any atom is -0.366 e. The molecule has 1 aliphatic heterocycles. The van der Waals surface area contributed by atoms with E-state index in [0.29, 0.717) is 23.7 Å². The van der Waals surface area contributed by atoms with Crippen LogP contribution in [-0.2, 0) is 4.79 Å². The Balaban J connectivity index is 1.52. The molecule has 0 saturated carbocycles. The van der Waals surface area contributed by atoms with E-state index in [1.807, 2.05) is 6.07 Å². The third-order valence-corrected chi connectivity index (χ3v) is 4.63. The summed E-state index contributed by atoms with van der Waals surface area (Å²) in [6.07, 6.45) is 2.75. The summed E-state index contributed by atoms with van der Waals surface area (Å²) < 4.78 is 0. The molecule has 0 radical (unpaired) electrons. The van der Waals surface area contributed by atoms with Crippen molar-refractivity contribution in [3.63, 3.8) is 0 Å². The van der Waals surface area contributed by atoms with Crippen LogP contribution in [0.15, 0.2) is 54.6 Å². The van der Waals surface area contributed by atoms with Crippen LogP contribution in [0.5, 0.6) is 0 Å². The minimum atomic E-state index is -0.473. The molecule has 0 spiro atoms. The van der Waals surface area contributed by atoms with Crippen molar-refractivity contribution >= 4 is 17.5 Å². The predicted molar refractivity (Wildman–Crippen MR) is 98.2 cm³/mol. The van der Waals surface area contributed by atoms with Gasteiger partial charge in [0.25, 0.3) is 0 Å². The topological polar surface area (TPSA) is 75.4 Å². The van der Waals surface area contributed by atoms with Gasteiger partial charge < -0.3 is 11.1 Å². The molecule has 130 valence electrons. The molecule has 1 atom stereocenters. The van der Waals surface area contributed by atoms with E-state index in [4.69, 9.17) is 5.73 Å². The van der Waals surface area contributed by atoms with Crippen LogP contribution < -0.4 is 11.1 Å². The van der Waals surface area contributed by atoms with Gasteiger partial charge in [-0.2, -0.15) is 0 Å². The van der Waals surface area contributed by atoms with Crippen molar-refractivity contribution in [2.24, 2.45) is 5.73 Å². The first-order valence-electron chi connectivity index (χ1n) is 8.62. The summed E-state index contributed by atoms with van der Waals surface area (Å²) in [4.78, 5) is 25.6. The second-order valence-electron chi connectivity index (χ2n) is 6.34. The smallest absolute Gasteiger partial charge is 0.248 e. The number of hydrogen-bond acceptors (Lipinski definition) is 3. The lowest BCUT2D eigenvalue weighted by Gasteiger charge is -2.24. The van der Waals surface area contributed by atoms with E-state index >= 15 is 0 Å². The molecule has 1 aliphatic rings. The number of likely N-dealkylation sites (tertiary alicyclic amines) is 1. The van der Waals surface area contributed by atoms with Gasteiger partial charge in [0, 0.05) is 30.3 Å². The van der Waals surface area contributed by atoms with Crippen LogP contribution in [0.4, 0.5) is 5.69 Å². The largest absolute Gasteiger partial charge is 0.366 e. The highest BCUT2D eigenvalue weighted by molar-refractivity contribution is 5.94. The first kappa shape index (κ1) is 17.2. The third kappa shape index (κ3) is 4.45. The maximum absolute atomic E-state index is 12.2. The Kier molecular flexibility index (Phi) is 5.46. The van der Waals surface area contributed by atoms with E-state index in [0.717, 1.165) is 25.9 Å². The van der Waals surface area contributed by atoms with Crippen molar-refractivity contribution < 1.29 is 9.59 Å². The number of rotatable bonds is 6. The van der Waals surface area contributed by atoms with E-state index in [1.54, 1.807) is 24.3 Å². The Bertz CT molecular complexity index is 728. The number of carbonyl (C=O) groups is 2. The monoisotopic (exact) mass is 337 g/mol. The summed E-state index contributed by atoms with van der Waals surface area (Å²) in [6, 6.07) is 17.5. The van der Waals surface area contributed by atoms with Gasteiger partial charge in [-0.05, 0) is 49.2 Å². The summed E-state index contributed by atoms with van der Waals surface area (Å²) >= 11 is 0. The van der Waals surface area contributed by atoms with E-state index < -0.39 is 5.91 Å². The molecule has 3 N–H and O–H groups in total. The van der Waals surface area contributed by atoms with Gasteiger partial charge in [-0.15, -0.1) is 0 Å². The summed E-state index contributed by atoms with van der Waals surface area (Å²) in [5.41, 5.74) is 7.64. The van der Waals surface area contributed by atoms with Crippen molar-refractivity contribution in [3.8, 4) is 0 Å². The molecule has 0 aromatic heterocycles. The molecule has 2 aromatic rings. The Morgan fingerprint density at radius 1 is 1.08 bits per heavy atom. The highest BCUT2D eigenvalue weighted by Crippen LogP contribution is 2.31. The van der Waals surface area contributed by atoms with Gasteiger partial charge in [-0.25, -0.2) is 0 Å². The summed E-state index contributed by atoms with van der Waals surface area (Å²) in [6.45, 7) is 1.77. The number of amides is 2. The van der Waals surface area contributed by atoms with Crippen molar-refractivity contribution in [2.75, 3.05) is 18.4 Å². The second kappa shape index (κ2) is 7.94. The average Bonchev–Trinajstić information content (AvgIpc) is 3.10. The average molecular weight is 337 g/mol. The van der Waals surface area contributed by atoms with Gasteiger partial charge in [-0.3, -0.25) is 14.5 Å². The van der Waals surface area contributed by atoms with Crippen LogP contribution in [0.3, 0.4) is 0 Å². The zero-order valence-corrected chi connectivity index (χ0v) is 14.2. The zero-order valence-electron chi connectivity index (χ0n) is 14.2. The van der Waals surface area contributed by atoms with Crippen LogP contribution in [0.25, 0.3) is 0 Å². The molecule has 5 nitrogen and oxygen atoms in total. The molecule has 1 heterocycles. The molecule has 2 aromatic carbocycles. The van der Waals surface area contributed by atoms with Crippen molar-refractivity contribution in [1.82, 2.24) is 4.90 Å². The number of carbonyl (C=O) groups excluding carboxylic acids is 2. The minimum absolute atomic E-state index is 0.0227. The number of nitrogens with two attached hydrogens (primary N) is 1. The van der Waals surface area contributed by atoms with E-state index in [-0.39, 0.29) is 5.91 Å². The number of nitrogens with one attached hydrogen (secondary N) is 1. The Morgan fingerprint density at radius 3 is 2.48 bits per heavy atom. The SMILES string of the molecule is NC(=O)c1ccc(NC(=O)CCN2CCCC2c2ccccc2)cc1. The van der Waals surface area contributed by atoms with Crippen LogP contribution in [-0.4, -0.2) is 29.8 Å². The van der Waals surface area contributed by atoms with Gasteiger partial charge in [0.1, 0.15) is 0 Å². The number of nitrogens with zero attached hydrogens (tertiary/aromatic N) is 1. The van der Waals surface area contributed by atoms with Crippen molar-refractivity contribution in [3.05, 3.63) is 65.7 Å². The van der Waals surface area contributed by atoms with Crippen molar-refractivity contribution in [1.29, 1.82) is 0 Å². The zero-order chi connectivity index (χ0) is 17.6. The van der Waals surface area contributed by atoms with Gasteiger partial charge in [-0.1, -0.05) is 30.3 Å². The summed E-state index contributed by atoms with van der Waals surface area (Å²) in [7, 11) is 0. The molecular weight excluding hydrogens is 314 g/mol. The van der Waals surface area contributed by atoms with Gasteiger partial charge in [0.15, 0.2) is 0 Å². The molecule has 2 amide bonds. The standard InChI is InChI=1S/C20H23N3O2/c21-20(25)16-8-10-17(11-9-16)22-19(24)12-14-23-13-4-7-18(23)15-5-2-1-3-6-15/h1-3,5-6,8-11,18H,4,7,12-14H2,(H2,21,25)(H,22,24). The first-order valence-corrected chi connectivity index (χ1v) is 8.62. The highest BCUT2D eigenvalue weighted by Gasteiger charge is 2.25. The lowest BCUT2D eigenvalue weighted by Crippen LogP contribution is -2.27. The molecule has 5 heteroatoms. The molecular formula is C20H23N3O2. The summed E-state index contributed by atoms with van der Waals surface area (Å²) in [5.74, 6) is -0.496. The molecule has 3 rings (SSSR count). The molecule has 0 bridgehead atoms. The maximum atomic E-state index is 12.2. The fourth-order valence-corrected chi connectivity index (χ4v) is 3.33. The number of anilines is 1. The lowest BCUT2D eigenvalue weighted by molar-refractivity contribution is -0.116. The Labute approximate surface area is 147 Å². The van der Waals surface area contributed by atoms with Crippen LogP contribution >= 0.6 is 0 Å². The van der Waals surface area contributed by atoms with E-state index in [2.05, 4.69) is 34.5 Å². The summed E-state index contributed by atoms with van der Waals surface area (Å²) in [5, 5.41) is 2.87. The highest BCUT2D eigenvalue weighted by atomic mass is 16.2. The fourth-order valence-electron chi connectivity index (χ4n) is 3.33. The molecule has 1 saturated heterocycles. The first-order chi connectivity index (χ1) is 12.1. The second-order valence-corrected chi connectivity index (χ2v) is 6.34. The fraction of sp³-hybridized carbons (Fsp3) is 0.300.